The SMILES string of the molecule is Cc1cccc(CC(O)C2Cc3ccccc3C2)c1. The van der Waals surface area contributed by atoms with E-state index >= 15 is 0 Å². The van der Waals surface area contributed by atoms with Crippen molar-refractivity contribution in [2.24, 2.45) is 5.92 Å². The number of fused-ring (bicyclic) bond motifs is 1. The van der Waals surface area contributed by atoms with Crippen LogP contribution in [-0.4, -0.2) is 11.2 Å². The summed E-state index contributed by atoms with van der Waals surface area (Å²) in [7, 11) is 0. The normalized spacial score (nSPS) is 16.3. The molecule has 0 radical (unpaired) electrons. The predicted octanol–water partition coefficient (Wildman–Crippen LogP) is 3.31. The van der Waals surface area contributed by atoms with E-state index in [1.165, 1.54) is 22.3 Å². The number of hydrogen-bond acceptors (Lipinski definition) is 1. The molecule has 0 heterocycles. The van der Waals surface area contributed by atoms with Gasteiger partial charge in [0.25, 0.3) is 0 Å². The topological polar surface area (TPSA) is 20.2 Å². The van der Waals surface area contributed by atoms with E-state index < -0.39 is 0 Å². The fourth-order valence-electron chi connectivity index (χ4n) is 3.11. The fourth-order valence-corrected chi connectivity index (χ4v) is 3.11. The van der Waals surface area contributed by atoms with Gasteiger partial charge in [0.05, 0.1) is 6.10 Å². The average molecular weight is 252 g/mol. The van der Waals surface area contributed by atoms with Gasteiger partial charge in [0.15, 0.2) is 0 Å². The monoisotopic (exact) mass is 252 g/mol. The molecule has 0 spiro atoms. The molecule has 2 aromatic rings. The molecule has 0 aromatic heterocycles. The van der Waals surface area contributed by atoms with Gasteiger partial charge < -0.3 is 5.11 Å². The molecule has 0 saturated heterocycles. The minimum absolute atomic E-state index is 0.241. The van der Waals surface area contributed by atoms with Crippen molar-refractivity contribution in [2.75, 3.05) is 0 Å². The van der Waals surface area contributed by atoms with Gasteiger partial charge in [-0.25, -0.2) is 0 Å². The zero-order valence-electron chi connectivity index (χ0n) is 11.3. The summed E-state index contributed by atoms with van der Waals surface area (Å²) >= 11 is 0. The largest absolute Gasteiger partial charge is 0.392 e. The van der Waals surface area contributed by atoms with Crippen LogP contribution in [0.1, 0.15) is 22.3 Å². The van der Waals surface area contributed by atoms with Crippen LogP contribution < -0.4 is 0 Å². The molecule has 0 fully saturated rings. The van der Waals surface area contributed by atoms with Crippen molar-refractivity contribution in [3.8, 4) is 0 Å². The van der Waals surface area contributed by atoms with E-state index in [1.807, 2.05) is 0 Å². The minimum atomic E-state index is -0.241. The van der Waals surface area contributed by atoms with Crippen LogP contribution in [0, 0.1) is 12.8 Å². The second kappa shape index (κ2) is 5.18. The van der Waals surface area contributed by atoms with Crippen molar-refractivity contribution in [3.05, 3.63) is 70.8 Å². The standard InChI is InChI=1S/C18H20O/c1-13-5-4-6-14(9-13)10-18(19)17-11-15-7-2-3-8-16(15)12-17/h2-9,17-19H,10-12H2,1H3. The van der Waals surface area contributed by atoms with Gasteiger partial charge in [-0.05, 0) is 48.8 Å². The van der Waals surface area contributed by atoms with Crippen LogP contribution in [0.2, 0.25) is 0 Å². The van der Waals surface area contributed by atoms with Crippen LogP contribution in [0.25, 0.3) is 0 Å². The Morgan fingerprint density at radius 1 is 1.05 bits per heavy atom. The molecule has 0 amide bonds. The number of aliphatic hydroxyl groups excluding tert-OH is 1. The summed E-state index contributed by atoms with van der Waals surface area (Å²) in [5.74, 6) is 0.373. The summed E-state index contributed by atoms with van der Waals surface area (Å²) in [6, 6.07) is 17.0. The first-order valence-electron chi connectivity index (χ1n) is 7.03. The Morgan fingerprint density at radius 2 is 1.74 bits per heavy atom. The van der Waals surface area contributed by atoms with Crippen molar-refractivity contribution < 1.29 is 5.11 Å². The molecule has 1 heteroatoms. The molecular weight excluding hydrogens is 232 g/mol. The van der Waals surface area contributed by atoms with Crippen LogP contribution in [0.3, 0.4) is 0 Å². The van der Waals surface area contributed by atoms with Gasteiger partial charge in [-0.3, -0.25) is 0 Å². The first-order valence-corrected chi connectivity index (χ1v) is 7.03. The van der Waals surface area contributed by atoms with Gasteiger partial charge >= 0.3 is 0 Å². The van der Waals surface area contributed by atoms with Crippen LogP contribution >= 0.6 is 0 Å². The van der Waals surface area contributed by atoms with Gasteiger partial charge in [-0.2, -0.15) is 0 Å². The van der Waals surface area contributed by atoms with Crippen LogP contribution in [0.5, 0.6) is 0 Å². The van der Waals surface area contributed by atoms with Crippen molar-refractivity contribution >= 4 is 0 Å². The van der Waals surface area contributed by atoms with E-state index in [2.05, 4.69) is 55.5 Å². The first kappa shape index (κ1) is 12.4. The van der Waals surface area contributed by atoms with Crippen LogP contribution in [0.15, 0.2) is 48.5 Å². The van der Waals surface area contributed by atoms with Gasteiger partial charge in [0.2, 0.25) is 0 Å². The molecule has 19 heavy (non-hydrogen) atoms. The van der Waals surface area contributed by atoms with E-state index in [1.54, 1.807) is 0 Å². The maximum absolute atomic E-state index is 10.5. The number of hydrogen-bond donors (Lipinski definition) is 1. The van der Waals surface area contributed by atoms with Gasteiger partial charge in [0, 0.05) is 0 Å². The maximum Gasteiger partial charge on any atom is 0.0615 e. The summed E-state index contributed by atoms with van der Waals surface area (Å²) in [4.78, 5) is 0. The quantitative estimate of drug-likeness (QED) is 0.888. The second-order valence-corrected chi connectivity index (χ2v) is 5.70. The summed E-state index contributed by atoms with van der Waals surface area (Å²) < 4.78 is 0. The molecule has 0 bridgehead atoms. The highest BCUT2D eigenvalue weighted by molar-refractivity contribution is 5.33. The molecule has 98 valence electrons. The summed E-state index contributed by atoms with van der Waals surface area (Å²) in [6.07, 6.45) is 2.56. The lowest BCUT2D eigenvalue weighted by molar-refractivity contribution is 0.113. The van der Waals surface area contributed by atoms with Gasteiger partial charge in [-0.15, -0.1) is 0 Å². The van der Waals surface area contributed by atoms with Crippen LogP contribution in [-0.2, 0) is 19.3 Å². The Balaban J connectivity index is 1.68. The molecule has 0 aliphatic heterocycles. The highest BCUT2D eigenvalue weighted by Gasteiger charge is 2.27. The summed E-state index contributed by atoms with van der Waals surface area (Å²) in [5.41, 5.74) is 5.33. The average Bonchev–Trinajstić information content (AvgIpc) is 2.82. The lowest BCUT2D eigenvalue weighted by Gasteiger charge is -2.18. The smallest absolute Gasteiger partial charge is 0.0615 e. The molecule has 1 nitrogen and oxygen atoms in total. The van der Waals surface area contributed by atoms with Crippen molar-refractivity contribution in [1.29, 1.82) is 0 Å². The van der Waals surface area contributed by atoms with Gasteiger partial charge in [0.1, 0.15) is 0 Å². The lowest BCUT2D eigenvalue weighted by Crippen LogP contribution is -2.23. The molecule has 1 N–H and O–H groups in total. The number of benzene rings is 2. The zero-order valence-corrected chi connectivity index (χ0v) is 11.3. The third kappa shape index (κ3) is 2.71. The first-order chi connectivity index (χ1) is 9.22. The van der Waals surface area contributed by atoms with Crippen molar-refractivity contribution in [3.63, 3.8) is 0 Å². The fraction of sp³-hybridized carbons (Fsp3) is 0.333. The summed E-state index contributed by atoms with van der Waals surface area (Å²) in [5, 5.41) is 10.5. The molecule has 1 aliphatic rings. The van der Waals surface area contributed by atoms with E-state index in [4.69, 9.17) is 0 Å². The number of rotatable bonds is 3. The molecule has 1 aliphatic carbocycles. The Bertz CT molecular complexity index is 548. The molecule has 1 unspecified atom stereocenters. The lowest BCUT2D eigenvalue weighted by atomic mass is 9.93. The maximum atomic E-state index is 10.5. The third-order valence-electron chi connectivity index (χ3n) is 4.15. The second-order valence-electron chi connectivity index (χ2n) is 5.70. The van der Waals surface area contributed by atoms with Crippen molar-refractivity contribution in [2.45, 2.75) is 32.3 Å². The molecular formula is C18H20O. The third-order valence-corrected chi connectivity index (χ3v) is 4.15. The summed E-state index contributed by atoms with van der Waals surface area (Å²) in [6.45, 7) is 2.10. The van der Waals surface area contributed by atoms with E-state index in [0.717, 1.165) is 19.3 Å². The van der Waals surface area contributed by atoms with Crippen LogP contribution in [0.4, 0.5) is 0 Å². The Morgan fingerprint density at radius 3 is 2.37 bits per heavy atom. The Labute approximate surface area is 114 Å². The van der Waals surface area contributed by atoms with Crippen molar-refractivity contribution in [1.82, 2.24) is 0 Å². The minimum Gasteiger partial charge on any atom is -0.392 e. The predicted molar refractivity (Wildman–Crippen MR) is 78.2 cm³/mol. The molecule has 3 rings (SSSR count). The zero-order chi connectivity index (χ0) is 13.2. The molecule has 0 saturated carbocycles. The molecule has 1 atom stereocenters. The number of aliphatic hydroxyl groups is 1. The Hall–Kier alpha value is -1.60. The molecule has 2 aromatic carbocycles. The Kier molecular flexibility index (Phi) is 3.39. The van der Waals surface area contributed by atoms with E-state index in [-0.39, 0.29) is 6.10 Å². The highest BCUT2D eigenvalue weighted by Crippen LogP contribution is 2.29. The van der Waals surface area contributed by atoms with E-state index in [0.29, 0.717) is 5.92 Å². The van der Waals surface area contributed by atoms with Gasteiger partial charge in [-0.1, -0.05) is 54.1 Å². The highest BCUT2D eigenvalue weighted by atomic mass is 16.3. The number of aryl methyl sites for hydroxylation is 1. The van der Waals surface area contributed by atoms with E-state index in [9.17, 15) is 5.11 Å².